The molecule has 0 aromatic carbocycles. The highest BCUT2D eigenvalue weighted by Crippen LogP contribution is 2.47. The summed E-state index contributed by atoms with van der Waals surface area (Å²) in [5.41, 5.74) is -3.87. The lowest BCUT2D eigenvalue weighted by molar-refractivity contribution is -0.188. The van der Waals surface area contributed by atoms with E-state index < -0.39 is 16.4 Å². The van der Waals surface area contributed by atoms with Crippen molar-refractivity contribution in [1.29, 1.82) is 0 Å². The molecule has 0 amide bonds. The molecule has 0 heterocycles. The average Bonchev–Trinajstić information content (AvgIpc) is 1.79. The monoisotopic (exact) mass is 254 g/mol. The Bertz CT molecular complexity index is 223. The first-order valence-electron chi connectivity index (χ1n) is 3.43. The summed E-state index contributed by atoms with van der Waals surface area (Å²) in [6, 6.07) is 0. The Morgan fingerprint density at radius 1 is 1.07 bits per heavy atom. The van der Waals surface area contributed by atoms with Crippen LogP contribution in [-0.4, -0.2) is 21.5 Å². The SMILES string of the molecule is CC(C)=CC(O)(C(F)(F)Cl)C(F)(F)Cl. The van der Waals surface area contributed by atoms with E-state index in [1.54, 1.807) is 0 Å². The highest BCUT2D eigenvalue weighted by Gasteiger charge is 2.65. The fourth-order valence-corrected chi connectivity index (χ4v) is 1.14. The van der Waals surface area contributed by atoms with Gasteiger partial charge in [-0.2, -0.15) is 17.6 Å². The van der Waals surface area contributed by atoms with E-state index in [4.69, 9.17) is 5.11 Å². The molecule has 0 aromatic rings. The molecule has 0 fully saturated rings. The zero-order chi connectivity index (χ0) is 11.8. The fraction of sp³-hybridized carbons (Fsp3) is 0.714. The summed E-state index contributed by atoms with van der Waals surface area (Å²) in [5.74, 6) is 0. The van der Waals surface area contributed by atoms with Crippen molar-refractivity contribution in [2.45, 2.75) is 30.2 Å². The van der Waals surface area contributed by atoms with Gasteiger partial charge in [-0.15, -0.1) is 0 Å². The molecule has 1 nitrogen and oxygen atoms in total. The third-order valence-electron chi connectivity index (χ3n) is 1.36. The van der Waals surface area contributed by atoms with Crippen LogP contribution >= 0.6 is 23.2 Å². The number of allylic oxidation sites excluding steroid dienone is 1. The van der Waals surface area contributed by atoms with E-state index in [0.29, 0.717) is 0 Å². The lowest BCUT2D eigenvalue weighted by Gasteiger charge is -2.32. The van der Waals surface area contributed by atoms with E-state index in [1.807, 2.05) is 0 Å². The lowest BCUT2D eigenvalue weighted by atomic mass is 10.0. The van der Waals surface area contributed by atoms with E-state index in [9.17, 15) is 17.6 Å². The molecule has 0 spiro atoms. The second-order valence-corrected chi connectivity index (χ2v) is 3.93. The standard InChI is InChI=1S/C7H8Cl2F4O/c1-4(2)3-5(14,6(8,10)11)7(9,12)13/h3,14H,1-2H3. The van der Waals surface area contributed by atoms with E-state index in [1.165, 1.54) is 13.8 Å². The van der Waals surface area contributed by atoms with Crippen LogP contribution in [0.1, 0.15) is 13.8 Å². The van der Waals surface area contributed by atoms with Gasteiger partial charge in [-0.3, -0.25) is 0 Å². The highest BCUT2D eigenvalue weighted by atomic mass is 35.5. The zero-order valence-electron chi connectivity index (χ0n) is 7.29. The van der Waals surface area contributed by atoms with Gasteiger partial charge in [0.25, 0.3) is 0 Å². The van der Waals surface area contributed by atoms with E-state index in [0.717, 1.165) is 0 Å². The van der Waals surface area contributed by atoms with E-state index in [2.05, 4.69) is 23.2 Å². The van der Waals surface area contributed by atoms with Crippen molar-refractivity contribution >= 4 is 23.2 Å². The van der Waals surface area contributed by atoms with Gasteiger partial charge < -0.3 is 5.11 Å². The molecule has 14 heavy (non-hydrogen) atoms. The summed E-state index contributed by atoms with van der Waals surface area (Å²) in [7, 11) is 0. The molecule has 0 aliphatic carbocycles. The summed E-state index contributed by atoms with van der Waals surface area (Å²) in [6.07, 6.45) is 0.229. The molecule has 84 valence electrons. The topological polar surface area (TPSA) is 20.2 Å². The first-order chi connectivity index (χ1) is 5.92. The second-order valence-electron chi connectivity index (χ2n) is 2.98. The van der Waals surface area contributed by atoms with Crippen LogP contribution in [-0.2, 0) is 0 Å². The molecule has 1 N–H and O–H groups in total. The maximum absolute atomic E-state index is 12.5. The average molecular weight is 255 g/mol. The highest BCUT2D eigenvalue weighted by molar-refractivity contribution is 6.26. The van der Waals surface area contributed by atoms with Crippen LogP contribution in [0.2, 0.25) is 0 Å². The smallest absolute Gasteiger partial charge is 0.360 e. The predicted molar refractivity (Wildman–Crippen MR) is 46.0 cm³/mol. The number of hydrogen-bond donors (Lipinski definition) is 1. The maximum Gasteiger partial charge on any atom is 0.360 e. The third kappa shape index (κ3) is 2.74. The van der Waals surface area contributed by atoms with Crippen molar-refractivity contribution in [2.75, 3.05) is 0 Å². The summed E-state index contributed by atoms with van der Waals surface area (Å²) < 4.78 is 50.1. The molecule has 0 radical (unpaired) electrons. The van der Waals surface area contributed by atoms with Crippen LogP contribution in [0, 0.1) is 0 Å². The molecular weight excluding hydrogens is 247 g/mol. The Morgan fingerprint density at radius 2 is 1.36 bits per heavy atom. The van der Waals surface area contributed by atoms with Crippen molar-refractivity contribution in [3.05, 3.63) is 11.6 Å². The van der Waals surface area contributed by atoms with Gasteiger partial charge in [0.1, 0.15) is 0 Å². The summed E-state index contributed by atoms with van der Waals surface area (Å²) in [6.45, 7) is 2.49. The first-order valence-corrected chi connectivity index (χ1v) is 4.19. The van der Waals surface area contributed by atoms with Gasteiger partial charge in [-0.1, -0.05) is 5.57 Å². The van der Waals surface area contributed by atoms with Crippen molar-refractivity contribution < 1.29 is 22.7 Å². The van der Waals surface area contributed by atoms with Gasteiger partial charge in [-0.25, -0.2) is 0 Å². The minimum atomic E-state index is -4.56. The third-order valence-corrected chi connectivity index (χ3v) is 1.94. The summed E-state index contributed by atoms with van der Waals surface area (Å²) in [4.78, 5) is 0. The molecule has 0 bridgehead atoms. The van der Waals surface area contributed by atoms with E-state index in [-0.39, 0.29) is 11.6 Å². The van der Waals surface area contributed by atoms with Crippen molar-refractivity contribution in [3.63, 3.8) is 0 Å². The molecule has 0 aromatic heterocycles. The van der Waals surface area contributed by atoms with Gasteiger partial charge >= 0.3 is 10.8 Å². The molecule has 0 unspecified atom stereocenters. The van der Waals surface area contributed by atoms with Crippen LogP contribution in [0.4, 0.5) is 17.6 Å². The molecule has 0 aliphatic rings. The quantitative estimate of drug-likeness (QED) is 0.465. The number of halogens is 6. The van der Waals surface area contributed by atoms with Gasteiger partial charge in [0, 0.05) is 0 Å². The first kappa shape index (κ1) is 14.0. The van der Waals surface area contributed by atoms with Gasteiger partial charge in [0.2, 0.25) is 5.60 Å². The molecule has 0 atom stereocenters. The largest absolute Gasteiger partial charge is 0.372 e. The molecule has 7 heteroatoms. The van der Waals surface area contributed by atoms with Crippen LogP contribution in [0.3, 0.4) is 0 Å². The zero-order valence-corrected chi connectivity index (χ0v) is 8.80. The Hall–Kier alpha value is -0.0000000000000000555. The lowest BCUT2D eigenvalue weighted by Crippen LogP contribution is -2.54. The Labute approximate surface area is 88.3 Å². The molecule has 0 aliphatic heterocycles. The normalized spacial score (nSPS) is 14.1. The van der Waals surface area contributed by atoms with E-state index >= 15 is 0 Å². The number of hydrogen-bond acceptors (Lipinski definition) is 1. The maximum atomic E-state index is 12.5. The minimum Gasteiger partial charge on any atom is -0.372 e. The molecule has 0 saturated carbocycles. The van der Waals surface area contributed by atoms with Crippen molar-refractivity contribution in [2.24, 2.45) is 0 Å². The molecule has 0 rings (SSSR count). The Morgan fingerprint density at radius 3 is 1.43 bits per heavy atom. The number of alkyl halides is 6. The van der Waals surface area contributed by atoms with Crippen LogP contribution in [0.5, 0.6) is 0 Å². The number of rotatable bonds is 3. The van der Waals surface area contributed by atoms with Crippen LogP contribution in [0.25, 0.3) is 0 Å². The minimum absolute atomic E-state index is 0.0353. The Balaban J connectivity index is 5.41. The van der Waals surface area contributed by atoms with Crippen LogP contribution < -0.4 is 0 Å². The van der Waals surface area contributed by atoms with Gasteiger partial charge in [0.05, 0.1) is 0 Å². The fourth-order valence-electron chi connectivity index (χ4n) is 0.742. The predicted octanol–water partition coefficient (Wildman–Crippen LogP) is 3.35. The number of aliphatic hydroxyl groups is 1. The van der Waals surface area contributed by atoms with Gasteiger partial charge in [0.15, 0.2) is 0 Å². The van der Waals surface area contributed by atoms with Crippen molar-refractivity contribution in [3.8, 4) is 0 Å². The molecular formula is C7H8Cl2F4O. The summed E-state index contributed by atoms with van der Waals surface area (Å²) >= 11 is 8.75. The van der Waals surface area contributed by atoms with Gasteiger partial charge in [-0.05, 0) is 43.1 Å². The van der Waals surface area contributed by atoms with Crippen molar-refractivity contribution in [1.82, 2.24) is 0 Å². The second kappa shape index (κ2) is 3.87. The Kier molecular flexibility index (Phi) is 3.87. The van der Waals surface area contributed by atoms with Crippen LogP contribution in [0.15, 0.2) is 11.6 Å². The summed E-state index contributed by atoms with van der Waals surface area (Å²) in [5, 5.41) is -0.106. The molecule has 0 saturated heterocycles.